The van der Waals surface area contributed by atoms with E-state index < -0.39 is 0 Å². The van der Waals surface area contributed by atoms with Crippen molar-refractivity contribution in [3.8, 4) is 0 Å². The second kappa shape index (κ2) is 5.91. The van der Waals surface area contributed by atoms with Crippen LogP contribution in [0.15, 0.2) is 28.7 Å². The summed E-state index contributed by atoms with van der Waals surface area (Å²) in [5.74, 6) is -0.254. The summed E-state index contributed by atoms with van der Waals surface area (Å²) in [4.78, 5) is 11.7. The Labute approximate surface area is 98.8 Å². The summed E-state index contributed by atoms with van der Waals surface area (Å²) in [6.45, 7) is 4.03. The molecule has 0 unspecified atom stereocenters. The first-order chi connectivity index (χ1) is 7.19. The lowest BCUT2D eigenvalue weighted by Crippen LogP contribution is -2.16. The van der Waals surface area contributed by atoms with E-state index in [0.29, 0.717) is 5.56 Å². The van der Waals surface area contributed by atoms with Gasteiger partial charge in [0.15, 0.2) is 0 Å². The van der Waals surface area contributed by atoms with Gasteiger partial charge in [0, 0.05) is 4.47 Å². The Kier molecular flexibility index (Phi) is 4.82. The molecule has 82 valence electrons. The van der Waals surface area contributed by atoms with Crippen molar-refractivity contribution in [2.24, 2.45) is 0 Å². The standard InChI is InChI=1S/C12H15BrO2/c1-3-9(4-2)15-12(14)10-7-5-6-8-11(10)13/h5-9H,3-4H2,1-2H3. The maximum Gasteiger partial charge on any atom is 0.339 e. The molecule has 0 saturated carbocycles. The Balaban J connectivity index is 2.73. The third-order valence-electron chi connectivity index (χ3n) is 2.28. The molecule has 0 fully saturated rings. The number of halogens is 1. The quantitative estimate of drug-likeness (QED) is 0.779. The Morgan fingerprint density at radius 1 is 1.33 bits per heavy atom. The summed E-state index contributed by atoms with van der Waals surface area (Å²) >= 11 is 3.33. The van der Waals surface area contributed by atoms with Gasteiger partial charge in [-0.05, 0) is 40.9 Å². The Bertz CT molecular complexity index is 332. The molecule has 0 N–H and O–H groups in total. The lowest BCUT2D eigenvalue weighted by molar-refractivity contribution is 0.0283. The van der Waals surface area contributed by atoms with E-state index in [9.17, 15) is 4.79 Å². The zero-order chi connectivity index (χ0) is 11.3. The molecule has 0 aliphatic carbocycles. The molecule has 0 aromatic heterocycles. The first-order valence-electron chi connectivity index (χ1n) is 5.14. The van der Waals surface area contributed by atoms with Crippen molar-refractivity contribution in [2.75, 3.05) is 0 Å². The topological polar surface area (TPSA) is 26.3 Å². The highest BCUT2D eigenvalue weighted by atomic mass is 79.9. The summed E-state index contributed by atoms with van der Waals surface area (Å²) in [5.41, 5.74) is 0.587. The van der Waals surface area contributed by atoms with Crippen molar-refractivity contribution < 1.29 is 9.53 Å². The van der Waals surface area contributed by atoms with Gasteiger partial charge in [-0.2, -0.15) is 0 Å². The van der Waals surface area contributed by atoms with E-state index in [-0.39, 0.29) is 12.1 Å². The van der Waals surface area contributed by atoms with Gasteiger partial charge in [-0.25, -0.2) is 4.79 Å². The maximum atomic E-state index is 11.7. The Morgan fingerprint density at radius 3 is 2.47 bits per heavy atom. The molecule has 0 heterocycles. The lowest BCUT2D eigenvalue weighted by Gasteiger charge is -2.14. The van der Waals surface area contributed by atoms with Crippen LogP contribution in [-0.2, 0) is 4.74 Å². The molecule has 1 aromatic carbocycles. The first-order valence-corrected chi connectivity index (χ1v) is 5.93. The summed E-state index contributed by atoms with van der Waals surface area (Å²) < 4.78 is 6.13. The summed E-state index contributed by atoms with van der Waals surface area (Å²) in [6, 6.07) is 7.30. The van der Waals surface area contributed by atoms with E-state index in [2.05, 4.69) is 15.9 Å². The smallest absolute Gasteiger partial charge is 0.339 e. The fraction of sp³-hybridized carbons (Fsp3) is 0.417. The summed E-state index contributed by atoms with van der Waals surface area (Å²) in [5, 5.41) is 0. The molecule has 0 bridgehead atoms. The van der Waals surface area contributed by atoms with Crippen molar-refractivity contribution in [2.45, 2.75) is 32.8 Å². The number of carbonyl (C=O) groups is 1. The van der Waals surface area contributed by atoms with Crippen LogP contribution >= 0.6 is 15.9 Å². The molecule has 0 amide bonds. The second-order valence-corrected chi connectivity index (χ2v) is 4.18. The van der Waals surface area contributed by atoms with E-state index in [0.717, 1.165) is 17.3 Å². The number of ether oxygens (including phenoxy) is 1. The van der Waals surface area contributed by atoms with E-state index in [1.54, 1.807) is 6.07 Å². The molecular weight excluding hydrogens is 256 g/mol. The number of rotatable bonds is 4. The zero-order valence-corrected chi connectivity index (χ0v) is 10.6. The van der Waals surface area contributed by atoms with Crippen LogP contribution in [0.5, 0.6) is 0 Å². The number of hydrogen-bond donors (Lipinski definition) is 0. The molecule has 0 aliphatic rings. The van der Waals surface area contributed by atoms with Gasteiger partial charge in [-0.1, -0.05) is 26.0 Å². The van der Waals surface area contributed by atoms with Crippen LogP contribution in [-0.4, -0.2) is 12.1 Å². The molecule has 1 aromatic rings. The molecule has 0 atom stereocenters. The fourth-order valence-electron chi connectivity index (χ4n) is 1.30. The van der Waals surface area contributed by atoms with Crippen LogP contribution in [0.4, 0.5) is 0 Å². The van der Waals surface area contributed by atoms with Crippen molar-refractivity contribution in [3.05, 3.63) is 34.3 Å². The van der Waals surface area contributed by atoms with E-state index in [4.69, 9.17) is 4.74 Å². The number of carbonyl (C=O) groups excluding carboxylic acids is 1. The molecule has 0 saturated heterocycles. The number of hydrogen-bond acceptors (Lipinski definition) is 2. The average molecular weight is 271 g/mol. The molecule has 1 rings (SSSR count). The average Bonchev–Trinajstić information content (AvgIpc) is 2.26. The van der Waals surface area contributed by atoms with Gasteiger partial charge in [0.25, 0.3) is 0 Å². The van der Waals surface area contributed by atoms with Gasteiger partial charge in [0.05, 0.1) is 5.56 Å². The highest BCUT2D eigenvalue weighted by Crippen LogP contribution is 2.18. The number of esters is 1. The van der Waals surface area contributed by atoms with Crippen LogP contribution in [0.2, 0.25) is 0 Å². The SMILES string of the molecule is CCC(CC)OC(=O)c1ccccc1Br. The minimum absolute atomic E-state index is 0.0182. The molecule has 0 aliphatic heterocycles. The van der Waals surface area contributed by atoms with Gasteiger partial charge in [0.1, 0.15) is 6.10 Å². The Morgan fingerprint density at radius 2 is 1.93 bits per heavy atom. The molecule has 0 spiro atoms. The normalized spacial score (nSPS) is 10.4. The van der Waals surface area contributed by atoms with Gasteiger partial charge in [-0.15, -0.1) is 0 Å². The minimum Gasteiger partial charge on any atom is -0.459 e. The lowest BCUT2D eigenvalue weighted by atomic mass is 10.2. The third kappa shape index (κ3) is 3.34. The first kappa shape index (κ1) is 12.2. The molecule has 15 heavy (non-hydrogen) atoms. The zero-order valence-electron chi connectivity index (χ0n) is 9.00. The predicted molar refractivity (Wildman–Crippen MR) is 63.9 cm³/mol. The van der Waals surface area contributed by atoms with Crippen LogP contribution in [0.1, 0.15) is 37.0 Å². The van der Waals surface area contributed by atoms with Crippen molar-refractivity contribution >= 4 is 21.9 Å². The molecule has 0 radical (unpaired) electrons. The Hall–Kier alpha value is -0.830. The number of benzene rings is 1. The maximum absolute atomic E-state index is 11.7. The van der Waals surface area contributed by atoms with Gasteiger partial charge in [-0.3, -0.25) is 0 Å². The molecular formula is C12H15BrO2. The van der Waals surface area contributed by atoms with Crippen molar-refractivity contribution in [1.29, 1.82) is 0 Å². The monoisotopic (exact) mass is 270 g/mol. The van der Waals surface area contributed by atoms with E-state index in [1.807, 2.05) is 32.0 Å². The molecule has 3 heteroatoms. The van der Waals surface area contributed by atoms with Crippen LogP contribution < -0.4 is 0 Å². The fourth-order valence-corrected chi connectivity index (χ4v) is 1.74. The van der Waals surface area contributed by atoms with E-state index in [1.165, 1.54) is 0 Å². The van der Waals surface area contributed by atoms with Gasteiger partial charge >= 0.3 is 5.97 Å². The van der Waals surface area contributed by atoms with Crippen LogP contribution in [0, 0.1) is 0 Å². The van der Waals surface area contributed by atoms with Crippen molar-refractivity contribution in [1.82, 2.24) is 0 Å². The minimum atomic E-state index is -0.254. The van der Waals surface area contributed by atoms with E-state index >= 15 is 0 Å². The van der Waals surface area contributed by atoms with Crippen LogP contribution in [0.3, 0.4) is 0 Å². The van der Waals surface area contributed by atoms with Crippen molar-refractivity contribution in [3.63, 3.8) is 0 Å². The highest BCUT2D eigenvalue weighted by Gasteiger charge is 2.14. The van der Waals surface area contributed by atoms with Gasteiger partial charge < -0.3 is 4.74 Å². The second-order valence-electron chi connectivity index (χ2n) is 3.32. The predicted octanol–water partition coefficient (Wildman–Crippen LogP) is 3.79. The summed E-state index contributed by atoms with van der Waals surface area (Å²) in [7, 11) is 0. The van der Waals surface area contributed by atoms with Crippen LogP contribution in [0.25, 0.3) is 0 Å². The molecule has 2 nitrogen and oxygen atoms in total. The third-order valence-corrected chi connectivity index (χ3v) is 2.97. The highest BCUT2D eigenvalue weighted by molar-refractivity contribution is 9.10. The summed E-state index contributed by atoms with van der Waals surface area (Å²) in [6.07, 6.45) is 1.73. The van der Waals surface area contributed by atoms with Gasteiger partial charge in [0.2, 0.25) is 0 Å². The largest absolute Gasteiger partial charge is 0.459 e.